The van der Waals surface area contributed by atoms with Crippen LogP contribution in [-0.4, -0.2) is 20.1 Å². The SMILES string of the molecule is COc1cc(C)c(NC(=O)c2ccccc2F)cc1OC. The Labute approximate surface area is 122 Å². The van der Waals surface area contributed by atoms with Crippen molar-refractivity contribution in [1.82, 2.24) is 0 Å². The molecule has 2 rings (SSSR count). The molecular formula is C16H16FNO3. The molecule has 1 N–H and O–H groups in total. The minimum atomic E-state index is -0.562. The Bertz CT molecular complexity index is 671. The molecule has 110 valence electrons. The smallest absolute Gasteiger partial charge is 0.258 e. The maximum atomic E-state index is 13.6. The summed E-state index contributed by atoms with van der Waals surface area (Å²) in [5, 5.41) is 2.68. The van der Waals surface area contributed by atoms with Gasteiger partial charge in [0.2, 0.25) is 0 Å². The van der Waals surface area contributed by atoms with Crippen LogP contribution in [0, 0.1) is 12.7 Å². The molecule has 0 radical (unpaired) electrons. The summed E-state index contributed by atoms with van der Waals surface area (Å²) in [6.07, 6.45) is 0. The number of rotatable bonds is 4. The number of anilines is 1. The third-order valence-corrected chi connectivity index (χ3v) is 3.10. The first kappa shape index (κ1) is 14.8. The zero-order chi connectivity index (χ0) is 15.4. The molecule has 4 nitrogen and oxygen atoms in total. The molecule has 0 spiro atoms. The molecule has 2 aromatic carbocycles. The van der Waals surface area contributed by atoms with E-state index in [0.717, 1.165) is 5.56 Å². The maximum Gasteiger partial charge on any atom is 0.258 e. The molecule has 0 saturated carbocycles. The second kappa shape index (κ2) is 6.26. The number of carbonyl (C=O) groups is 1. The zero-order valence-electron chi connectivity index (χ0n) is 12.1. The molecule has 21 heavy (non-hydrogen) atoms. The van der Waals surface area contributed by atoms with Crippen LogP contribution in [0.2, 0.25) is 0 Å². The molecule has 0 aliphatic carbocycles. The number of halogens is 1. The number of amides is 1. The van der Waals surface area contributed by atoms with Crippen molar-refractivity contribution in [2.24, 2.45) is 0 Å². The van der Waals surface area contributed by atoms with Crippen molar-refractivity contribution in [1.29, 1.82) is 0 Å². The number of methoxy groups -OCH3 is 2. The van der Waals surface area contributed by atoms with Crippen molar-refractivity contribution in [3.8, 4) is 11.5 Å². The Morgan fingerprint density at radius 3 is 2.33 bits per heavy atom. The molecule has 0 fully saturated rings. The molecule has 0 heterocycles. The number of benzene rings is 2. The molecular weight excluding hydrogens is 273 g/mol. The summed E-state index contributed by atoms with van der Waals surface area (Å²) in [4.78, 5) is 12.1. The van der Waals surface area contributed by atoms with Crippen LogP contribution in [0.25, 0.3) is 0 Å². The van der Waals surface area contributed by atoms with Crippen molar-refractivity contribution >= 4 is 11.6 Å². The fraction of sp³-hybridized carbons (Fsp3) is 0.188. The van der Waals surface area contributed by atoms with Crippen molar-refractivity contribution in [2.45, 2.75) is 6.92 Å². The van der Waals surface area contributed by atoms with Gasteiger partial charge in [0.25, 0.3) is 5.91 Å². The first-order valence-corrected chi connectivity index (χ1v) is 6.35. The lowest BCUT2D eigenvalue weighted by atomic mass is 10.1. The Morgan fingerprint density at radius 2 is 1.71 bits per heavy atom. The molecule has 0 aromatic heterocycles. The first-order chi connectivity index (χ1) is 10.1. The third-order valence-electron chi connectivity index (χ3n) is 3.10. The van der Waals surface area contributed by atoms with Crippen molar-refractivity contribution < 1.29 is 18.7 Å². The molecule has 0 aliphatic rings. The van der Waals surface area contributed by atoms with E-state index in [2.05, 4.69) is 5.32 Å². The summed E-state index contributed by atoms with van der Waals surface area (Å²) in [6.45, 7) is 1.82. The predicted octanol–water partition coefficient (Wildman–Crippen LogP) is 3.40. The fourth-order valence-electron chi connectivity index (χ4n) is 1.95. The first-order valence-electron chi connectivity index (χ1n) is 6.35. The zero-order valence-corrected chi connectivity index (χ0v) is 12.1. The average molecular weight is 289 g/mol. The van der Waals surface area contributed by atoms with Crippen molar-refractivity contribution in [2.75, 3.05) is 19.5 Å². The van der Waals surface area contributed by atoms with Gasteiger partial charge in [0.05, 0.1) is 19.8 Å². The highest BCUT2D eigenvalue weighted by atomic mass is 19.1. The van der Waals surface area contributed by atoms with E-state index in [1.807, 2.05) is 6.92 Å². The van der Waals surface area contributed by atoms with E-state index in [0.29, 0.717) is 17.2 Å². The number of hydrogen-bond donors (Lipinski definition) is 1. The van der Waals surface area contributed by atoms with Crippen LogP contribution < -0.4 is 14.8 Å². The highest BCUT2D eigenvalue weighted by molar-refractivity contribution is 6.05. The Balaban J connectivity index is 2.31. The van der Waals surface area contributed by atoms with Crippen LogP contribution >= 0.6 is 0 Å². The highest BCUT2D eigenvalue weighted by Gasteiger charge is 2.14. The minimum absolute atomic E-state index is 0.00770. The summed E-state index contributed by atoms with van der Waals surface area (Å²) in [7, 11) is 3.05. The molecule has 0 unspecified atom stereocenters. The van der Waals surface area contributed by atoms with Gasteiger partial charge in [-0.05, 0) is 30.7 Å². The van der Waals surface area contributed by atoms with Gasteiger partial charge in [-0.3, -0.25) is 4.79 Å². The summed E-state index contributed by atoms with van der Waals surface area (Å²) in [5.74, 6) is -0.0117. The summed E-state index contributed by atoms with van der Waals surface area (Å²) < 4.78 is 24.0. The van der Waals surface area contributed by atoms with Gasteiger partial charge in [0, 0.05) is 11.8 Å². The maximum absolute atomic E-state index is 13.6. The Hall–Kier alpha value is -2.56. The standard InChI is InChI=1S/C16H16FNO3/c1-10-8-14(20-2)15(21-3)9-13(10)18-16(19)11-6-4-5-7-12(11)17/h4-9H,1-3H3,(H,18,19). The van der Waals surface area contributed by atoms with Gasteiger partial charge >= 0.3 is 0 Å². The van der Waals surface area contributed by atoms with E-state index >= 15 is 0 Å². The molecule has 0 aliphatic heterocycles. The van der Waals surface area contributed by atoms with Gasteiger partial charge in [-0.2, -0.15) is 0 Å². The van der Waals surface area contributed by atoms with Gasteiger partial charge in [0.1, 0.15) is 5.82 Å². The second-order valence-corrected chi connectivity index (χ2v) is 4.46. The molecule has 0 atom stereocenters. The lowest BCUT2D eigenvalue weighted by Gasteiger charge is -2.13. The van der Waals surface area contributed by atoms with E-state index in [-0.39, 0.29) is 5.56 Å². The van der Waals surface area contributed by atoms with Gasteiger partial charge in [-0.1, -0.05) is 12.1 Å². The molecule has 0 bridgehead atoms. The Kier molecular flexibility index (Phi) is 4.42. The third kappa shape index (κ3) is 3.13. The van der Waals surface area contributed by atoms with Crippen molar-refractivity contribution in [3.05, 3.63) is 53.3 Å². The minimum Gasteiger partial charge on any atom is -0.493 e. The molecule has 2 aromatic rings. The van der Waals surface area contributed by atoms with E-state index in [4.69, 9.17) is 9.47 Å². The topological polar surface area (TPSA) is 47.6 Å². The fourth-order valence-corrected chi connectivity index (χ4v) is 1.95. The van der Waals surface area contributed by atoms with Crippen LogP contribution in [0.5, 0.6) is 11.5 Å². The van der Waals surface area contributed by atoms with Gasteiger partial charge in [0.15, 0.2) is 11.5 Å². The van der Waals surface area contributed by atoms with Gasteiger partial charge in [-0.15, -0.1) is 0 Å². The van der Waals surface area contributed by atoms with Gasteiger partial charge in [-0.25, -0.2) is 4.39 Å². The number of ether oxygens (including phenoxy) is 2. The average Bonchev–Trinajstić information content (AvgIpc) is 2.49. The van der Waals surface area contributed by atoms with Crippen molar-refractivity contribution in [3.63, 3.8) is 0 Å². The summed E-state index contributed by atoms with van der Waals surface area (Å²) >= 11 is 0. The van der Waals surface area contributed by atoms with E-state index in [1.165, 1.54) is 32.4 Å². The number of aryl methyl sites for hydroxylation is 1. The number of hydrogen-bond acceptors (Lipinski definition) is 3. The number of nitrogens with one attached hydrogen (secondary N) is 1. The number of carbonyl (C=O) groups excluding carboxylic acids is 1. The van der Waals surface area contributed by atoms with Crippen LogP contribution in [0.1, 0.15) is 15.9 Å². The van der Waals surface area contributed by atoms with E-state index in [1.54, 1.807) is 18.2 Å². The van der Waals surface area contributed by atoms with Crippen LogP contribution in [0.15, 0.2) is 36.4 Å². The molecule has 0 saturated heterocycles. The van der Waals surface area contributed by atoms with Crippen LogP contribution in [0.4, 0.5) is 10.1 Å². The summed E-state index contributed by atoms with van der Waals surface area (Å²) in [6, 6.07) is 9.22. The second-order valence-electron chi connectivity index (χ2n) is 4.46. The highest BCUT2D eigenvalue weighted by Crippen LogP contribution is 2.33. The van der Waals surface area contributed by atoms with Gasteiger partial charge < -0.3 is 14.8 Å². The summed E-state index contributed by atoms with van der Waals surface area (Å²) in [5.41, 5.74) is 1.32. The molecule has 1 amide bonds. The normalized spacial score (nSPS) is 10.1. The van der Waals surface area contributed by atoms with E-state index < -0.39 is 11.7 Å². The molecule has 5 heteroatoms. The Morgan fingerprint density at radius 1 is 1.10 bits per heavy atom. The van der Waals surface area contributed by atoms with Crippen LogP contribution in [0.3, 0.4) is 0 Å². The van der Waals surface area contributed by atoms with Crippen LogP contribution in [-0.2, 0) is 0 Å². The quantitative estimate of drug-likeness (QED) is 0.938. The predicted molar refractivity (Wildman–Crippen MR) is 78.6 cm³/mol. The monoisotopic (exact) mass is 289 g/mol. The van der Waals surface area contributed by atoms with E-state index in [9.17, 15) is 9.18 Å². The lowest BCUT2D eigenvalue weighted by Crippen LogP contribution is -2.14. The lowest BCUT2D eigenvalue weighted by molar-refractivity contribution is 0.102. The largest absolute Gasteiger partial charge is 0.493 e.